The van der Waals surface area contributed by atoms with Crippen LogP contribution in [-0.4, -0.2) is 32.5 Å². The predicted octanol–water partition coefficient (Wildman–Crippen LogP) is 3.63. The summed E-state index contributed by atoms with van der Waals surface area (Å²) in [7, 11) is 0. The summed E-state index contributed by atoms with van der Waals surface area (Å²) in [5.41, 5.74) is -0.237. The minimum atomic E-state index is -4.58. The van der Waals surface area contributed by atoms with Gasteiger partial charge in [0.25, 0.3) is 0 Å². The van der Waals surface area contributed by atoms with E-state index in [1.54, 1.807) is 0 Å². The number of nitrogens with zero attached hydrogens (tertiary/aromatic N) is 4. The number of rotatable bonds is 1. The number of alkyl halides is 3. The molecule has 1 aliphatic heterocycles. The van der Waals surface area contributed by atoms with Crippen molar-refractivity contribution in [3.8, 4) is 11.6 Å². The summed E-state index contributed by atoms with van der Waals surface area (Å²) in [6.45, 7) is 2.22. The Hall–Kier alpha value is -2.52. The second-order valence-corrected chi connectivity index (χ2v) is 7.28. The topological polar surface area (TPSA) is 74.1 Å². The van der Waals surface area contributed by atoms with Gasteiger partial charge in [0, 0.05) is 12.1 Å². The van der Waals surface area contributed by atoms with Gasteiger partial charge < -0.3 is 14.8 Å². The molecule has 0 saturated heterocycles. The molecule has 0 aromatic carbocycles. The predicted molar refractivity (Wildman–Crippen MR) is 88.2 cm³/mol. The number of nitrogens with one attached hydrogen (secondary N) is 1. The summed E-state index contributed by atoms with van der Waals surface area (Å²) >= 11 is 0. The Kier molecular flexibility index (Phi) is 3.54. The van der Waals surface area contributed by atoms with Crippen molar-refractivity contribution in [3.05, 3.63) is 17.5 Å². The van der Waals surface area contributed by atoms with Gasteiger partial charge in [-0.2, -0.15) is 23.3 Å². The number of ether oxygens (including phenoxy) is 2. The zero-order valence-corrected chi connectivity index (χ0v) is 14.6. The monoisotopic (exact) mass is 381 g/mol. The van der Waals surface area contributed by atoms with Crippen molar-refractivity contribution in [1.29, 1.82) is 0 Å². The first-order valence-corrected chi connectivity index (χ1v) is 9.00. The number of aryl methyl sites for hydroxylation is 1. The van der Waals surface area contributed by atoms with Crippen LogP contribution in [0.3, 0.4) is 0 Å². The molecule has 0 spiro atoms. The van der Waals surface area contributed by atoms with E-state index in [-0.39, 0.29) is 24.0 Å². The molecule has 0 amide bonds. The minimum absolute atomic E-state index is 0.0131. The molecular weight excluding hydrogens is 363 g/mol. The highest BCUT2D eigenvalue weighted by Gasteiger charge is 2.41. The highest BCUT2D eigenvalue weighted by molar-refractivity contribution is 5.61. The van der Waals surface area contributed by atoms with Crippen LogP contribution < -0.4 is 14.8 Å². The van der Waals surface area contributed by atoms with Crippen molar-refractivity contribution in [2.45, 2.75) is 50.9 Å². The molecule has 1 N–H and O–H groups in total. The molecule has 27 heavy (non-hydrogen) atoms. The van der Waals surface area contributed by atoms with Crippen molar-refractivity contribution < 1.29 is 22.6 Å². The van der Waals surface area contributed by atoms with E-state index in [1.807, 2.05) is 11.6 Å². The molecule has 2 aromatic rings. The van der Waals surface area contributed by atoms with Crippen LogP contribution in [0.1, 0.15) is 43.0 Å². The largest absolute Gasteiger partial charge is 0.487 e. The second kappa shape index (κ2) is 5.74. The van der Waals surface area contributed by atoms with Gasteiger partial charge in [0.15, 0.2) is 11.6 Å². The van der Waals surface area contributed by atoms with Crippen LogP contribution in [0.25, 0.3) is 0 Å². The van der Waals surface area contributed by atoms with Crippen molar-refractivity contribution in [1.82, 2.24) is 19.7 Å². The number of aromatic nitrogens is 4. The molecule has 2 saturated carbocycles. The highest BCUT2D eigenvalue weighted by Crippen LogP contribution is 2.44. The van der Waals surface area contributed by atoms with Crippen molar-refractivity contribution in [2.75, 3.05) is 11.9 Å². The molecule has 2 atom stereocenters. The second-order valence-electron chi connectivity index (χ2n) is 7.28. The molecule has 0 radical (unpaired) electrons. The highest BCUT2D eigenvalue weighted by atomic mass is 19.4. The van der Waals surface area contributed by atoms with Crippen LogP contribution in [0, 0.1) is 12.8 Å². The Balaban J connectivity index is 1.61. The quantitative estimate of drug-likeness (QED) is 0.813. The van der Waals surface area contributed by atoms with Gasteiger partial charge in [0.1, 0.15) is 17.4 Å². The third-order valence-corrected chi connectivity index (χ3v) is 5.27. The zero-order chi connectivity index (χ0) is 18.8. The van der Waals surface area contributed by atoms with Crippen LogP contribution in [0.15, 0.2) is 6.20 Å². The van der Waals surface area contributed by atoms with Gasteiger partial charge in [-0.15, -0.1) is 0 Å². The van der Waals surface area contributed by atoms with E-state index < -0.39 is 17.6 Å². The number of halogens is 3. The Labute approximate surface area is 152 Å². The normalized spacial score (nSPS) is 24.3. The molecular formula is C17H18F3N5O2. The smallest absolute Gasteiger partial charge is 0.423 e. The zero-order valence-electron chi connectivity index (χ0n) is 14.6. The summed E-state index contributed by atoms with van der Waals surface area (Å²) in [5, 5.41) is 7.55. The molecule has 1 unspecified atom stereocenters. The molecule has 10 heteroatoms. The van der Waals surface area contributed by atoms with Gasteiger partial charge in [0.2, 0.25) is 11.8 Å². The lowest BCUT2D eigenvalue weighted by atomic mass is 9.82. The van der Waals surface area contributed by atoms with Crippen LogP contribution in [0.2, 0.25) is 0 Å². The SMILES string of the molecule is Cc1nn(C2CC2)c2c1OCC1CC[C@@H]1Oc1nc(ncc1C(F)(F)F)N2. The van der Waals surface area contributed by atoms with E-state index in [1.165, 1.54) is 0 Å². The third-order valence-electron chi connectivity index (χ3n) is 5.27. The summed E-state index contributed by atoms with van der Waals surface area (Å²) in [6, 6.07) is 0.260. The standard InChI is InChI=1S/C17H18F3N5O2/c1-8-13-14(25(24-8)10-3-4-10)22-16-21-6-11(17(18,19)20)15(23-16)27-12-5-2-9(12)7-26-13/h6,9-10,12H,2-5,7H2,1H3,(H,21,22,23)/t9?,12-/m0/s1. The van der Waals surface area contributed by atoms with Crippen LogP contribution in [-0.2, 0) is 6.18 Å². The van der Waals surface area contributed by atoms with Gasteiger partial charge in [-0.3, -0.25) is 0 Å². The maximum atomic E-state index is 13.3. The van der Waals surface area contributed by atoms with E-state index in [2.05, 4.69) is 20.4 Å². The Morgan fingerprint density at radius 3 is 2.70 bits per heavy atom. The number of hydrogen-bond donors (Lipinski definition) is 1. The minimum Gasteiger partial charge on any atom is -0.487 e. The first kappa shape index (κ1) is 16.6. The third kappa shape index (κ3) is 2.87. The average Bonchev–Trinajstić information content (AvgIpc) is 3.38. The van der Waals surface area contributed by atoms with Gasteiger partial charge in [-0.25, -0.2) is 9.67 Å². The van der Waals surface area contributed by atoms with Gasteiger partial charge in [-0.1, -0.05) is 0 Å². The van der Waals surface area contributed by atoms with E-state index in [9.17, 15) is 13.2 Å². The van der Waals surface area contributed by atoms with Crippen molar-refractivity contribution in [2.24, 2.45) is 5.92 Å². The van der Waals surface area contributed by atoms with Crippen molar-refractivity contribution in [3.63, 3.8) is 0 Å². The van der Waals surface area contributed by atoms with Crippen LogP contribution in [0.4, 0.5) is 24.9 Å². The van der Waals surface area contributed by atoms with Crippen LogP contribution in [0.5, 0.6) is 11.6 Å². The summed E-state index contributed by atoms with van der Waals surface area (Å²) in [4.78, 5) is 7.88. The molecule has 3 heterocycles. The van der Waals surface area contributed by atoms with E-state index in [4.69, 9.17) is 9.47 Å². The lowest BCUT2D eigenvalue weighted by molar-refractivity contribution is -0.140. The lowest BCUT2D eigenvalue weighted by Gasteiger charge is -2.36. The number of fused-ring (bicyclic) bond motifs is 4. The van der Waals surface area contributed by atoms with Gasteiger partial charge >= 0.3 is 6.18 Å². The molecule has 144 valence electrons. The summed E-state index contributed by atoms with van der Waals surface area (Å²) < 4.78 is 53.5. The molecule has 7 nitrogen and oxygen atoms in total. The van der Waals surface area contributed by atoms with Gasteiger partial charge in [0.05, 0.1) is 12.6 Å². The number of hydrogen-bond acceptors (Lipinski definition) is 6. The Bertz CT molecular complexity index is 893. The maximum absolute atomic E-state index is 13.3. The fraction of sp³-hybridized carbons (Fsp3) is 0.588. The van der Waals surface area contributed by atoms with Crippen molar-refractivity contribution >= 4 is 11.8 Å². The molecule has 5 rings (SSSR count). The van der Waals surface area contributed by atoms with Gasteiger partial charge in [-0.05, 0) is 32.6 Å². The first-order chi connectivity index (χ1) is 12.9. The lowest BCUT2D eigenvalue weighted by Crippen LogP contribution is -2.40. The fourth-order valence-electron chi connectivity index (χ4n) is 3.44. The summed E-state index contributed by atoms with van der Waals surface area (Å²) in [5.74, 6) is 0.784. The Morgan fingerprint density at radius 2 is 2.04 bits per heavy atom. The number of anilines is 2. The Morgan fingerprint density at radius 1 is 1.22 bits per heavy atom. The molecule has 2 bridgehead atoms. The molecule has 3 aliphatic rings. The molecule has 2 aliphatic carbocycles. The summed E-state index contributed by atoms with van der Waals surface area (Å²) in [6.07, 6.45) is -0.657. The van der Waals surface area contributed by atoms with E-state index in [0.717, 1.165) is 31.2 Å². The average molecular weight is 381 g/mol. The first-order valence-electron chi connectivity index (χ1n) is 9.00. The molecule has 2 aromatic heterocycles. The van der Waals surface area contributed by atoms with E-state index in [0.29, 0.717) is 24.6 Å². The maximum Gasteiger partial charge on any atom is 0.423 e. The van der Waals surface area contributed by atoms with E-state index >= 15 is 0 Å². The fourth-order valence-corrected chi connectivity index (χ4v) is 3.44. The molecule has 2 fully saturated rings. The van der Waals surface area contributed by atoms with Crippen LogP contribution >= 0.6 is 0 Å².